The molecule has 2 unspecified atom stereocenters. The summed E-state index contributed by atoms with van der Waals surface area (Å²) < 4.78 is 7.45. The average molecular weight is 434 g/mol. The van der Waals surface area contributed by atoms with Crippen LogP contribution in [0.15, 0.2) is 9.59 Å². The predicted molar refractivity (Wildman–Crippen MR) is 113 cm³/mol. The van der Waals surface area contributed by atoms with Gasteiger partial charge in [0.05, 0.1) is 11.0 Å². The number of carbonyl (C=O) groups is 2. The van der Waals surface area contributed by atoms with Crippen molar-refractivity contribution in [2.24, 2.45) is 30.2 Å². The normalized spacial score (nSPS) is 31.3. The molecule has 3 N–H and O–H groups in total. The molecular formula is C22H31N3O6. The van der Waals surface area contributed by atoms with Crippen molar-refractivity contribution in [2.45, 2.75) is 64.5 Å². The summed E-state index contributed by atoms with van der Waals surface area (Å²) in [4.78, 5) is 50.8. The highest BCUT2D eigenvalue weighted by molar-refractivity contribution is 6.01. The SMILES string of the molecule is CC(C)Cn1c(N)c(C(=O)COC(=O)C23CC4CC(CC(O)(C4)C2)C3)c(=O)n(C)c1=O. The molecule has 5 rings (SSSR count). The number of hydrogen-bond donors (Lipinski definition) is 2. The molecule has 4 saturated carbocycles. The lowest BCUT2D eigenvalue weighted by atomic mass is 9.48. The first kappa shape index (κ1) is 21.8. The summed E-state index contributed by atoms with van der Waals surface area (Å²) in [6, 6.07) is 0. The predicted octanol–water partition coefficient (Wildman–Crippen LogP) is 0.842. The first-order valence-corrected chi connectivity index (χ1v) is 11.0. The topological polar surface area (TPSA) is 134 Å². The number of anilines is 1. The summed E-state index contributed by atoms with van der Waals surface area (Å²) in [5.74, 6) is -0.743. The Bertz CT molecular complexity index is 1040. The number of aliphatic hydroxyl groups is 1. The fourth-order valence-corrected chi connectivity index (χ4v) is 6.40. The minimum atomic E-state index is -0.820. The van der Waals surface area contributed by atoms with E-state index in [0.717, 1.165) is 23.8 Å². The first-order chi connectivity index (χ1) is 14.4. The van der Waals surface area contributed by atoms with Crippen molar-refractivity contribution in [3.05, 3.63) is 26.4 Å². The summed E-state index contributed by atoms with van der Waals surface area (Å²) in [7, 11) is 1.29. The number of nitrogens with zero attached hydrogens (tertiary/aromatic N) is 2. The Morgan fingerprint density at radius 3 is 2.35 bits per heavy atom. The van der Waals surface area contributed by atoms with Gasteiger partial charge in [-0.1, -0.05) is 13.8 Å². The van der Waals surface area contributed by atoms with E-state index in [9.17, 15) is 24.3 Å². The zero-order valence-corrected chi connectivity index (χ0v) is 18.3. The van der Waals surface area contributed by atoms with E-state index in [1.54, 1.807) is 0 Å². The highest BCUT2D eigenvalue weighted by atomic mass is 16.5. The third-order valence-corrected chi connectivity index (χ3v) is 7.21. The minimum absolute atomic E-state index is 0.0696. The molecule has 31 heavy (non-hydrogen) atoms. The van der Waals surface area contributed by atoms with Gasteiger partial charge >= 0.3 is 11.7 Å². The lowest BCUT2D eigenvalue weighted by Crippen LogP contribution is -2.58. The lowest BCUT2D eigenvalue weighted by Gasteiger charge is -2.58. The molecule has 1 aromatic heterocycles. The number of nitrogens with two attached hydrogens (primary N) is 1. The molecule has 2 atom stereocenters. The van der Waals surface area contributed by atoms with E-state index < -0.39 is 40.6 Å². The average Bonchev–Trinajstić information content (AvgIpc) is 2.66. The minimum Gasteiger partial charge on any atom is -0.457 e. The van der Waals surface area contributed by atoms with Gasteiger partial charge in [-0.25, -0.2) is 4.79 Å². The zero-order chi connectivity index (χ0) is 22.7. The Morgan fingerprint density at radius 1 is 1.19 bits per heavy atom. The smallest absolute Gasteiger partial charge is 0.332 e. The second kappa shape index (κ2) is 7.32. The molecule has 4 fully saturated rings. The molecule has 0 amide bonds. The van der Waals surface area contributed by atoms with Crippen LogP contribution >= 0.6 is 0 Å². The van der Waals surface area contributed by atoms with Crippen LogP contribution in [0, 0.1) is 23.2 Å². The third-order valence-electron chi connectivity index (χ3n) is 7.21. The Hall–Kier alpha value is -2.42. The van der Waals surface area contributed by atoms with Crippen molar-refractivity contribution in [3.8, 4) is 0 Å². The van der Waals surface area contributed by atoms with Crippen molar-refractivity contribution in [3.63, 3.8) is 0 Å². The molecule has 1 heterocycles. The molecule has 1 aromatic rings. The van der Waals surface area contributed by atoms with Crippen LogP contribution in [0.25, 0.3) is 0 Å². The van der Waals surface area contributed by atoms with E-state index in [1.165, 1.54) is 11.6 Å². The highest BCUT2D eigenvalue weighted by Crippen LogP contribution is 2.61. The molecule has 0 aromatic carbocycles. The zero-order valence-electron chi connectivity index (χ0n) is 18.3. The molecule has 0 radical (unpaired) electrons. The fraction of sp³-hybridized carbons (Fsp3) is 0.727. The van der Waals surface area contributed by atoms with Gasteiger partial charge < -0.3 is 15.6 Å². The number of aromatic nitrogens is 2. The van der Waals surface area contributed by atoms with Crippen molar-refractivity contribution < 1.29 is 19.4 Å². The molecule has 9 nitrogen and oxygen atoms in total. The fourth-order valence-electron chi connectivity index (χ4n) is 6.40. The first-order valence-electron chi connectivity index (χ1n) is 11.0. The van der Waals surface area contributed by atoms with Crippen LogP contribution in [0.2, 0.25) is 0 Å². The number of Topliss-reactive ketones (excluding diaryl/α,β-unsaturated/α-hetero) is 1. The van der Waals surface area contributed by atoms with Crippen molar-refractivity contribution in [2.75, 3.05) is 12.3 Å². The van der Waals surface area contributed by atoms with Gasteiger partial charge in [-0.05, 0) is 56.3 Å². The van der Waals surface area contributed by atoms with E-state index in [1.807, 2.05) is 13.8 Å². The van der Waals surface area contributed by atoms with E-state index in [0.29, 0.717) is 31.1 Å². The highest BCUT2D eigenvalue weighted by Gasteiger charge is 2.60. The van der Waals surface area contributed by atoms with E-state index >= 15 is 0 Å². The van der Waals surface area contributed by atoms with Gasteiger partial charge in [-0.2, -0.15) is 0 Å². The van der Waals surface area contributed by atoms with Crippen LogP contribution in [0.3, 0.4) is 0 Å². The van der Waals surface area contributed by atoms with Crippen LogP contribution in [0.5, 0.6) is 0 Å². The number of ether oxygens (including phenoxy) is 1. The maximum atomic E-state index is 13.0. The molecule has 4 aliphatic carbocycles. The van der Waals surface area contributed by atoms with Gasteiger partial charge in [0.15, 0.2) is 6.61 Å². The van der Waals surface area contributed by atoms with Crippen LogP contribution < -0.4 is 17.0 Å². The van der Waals surface area contributed by atoms with Crippen LogP contribution in [-0.4, -0.2) is 38.2 Å². The Kier molecular flexibility index (Phi) is 5.15. The largest absolute Gasteiger partial charge is 0.457 e. The summed E-state index contributed by atoms with van der Waals surface area (Å²) in [6.07, 6.45) is 4.18. The van der Waals surface area contributed by atoms with Crippen molar-refractivity contribution >= 4 is 17.6 Å². The number of rotatable bonds is 6. The van der Waals surface area contributed by atoms with Gasteiger partial charge in [0.1, 0.15) is 11.4 Å². The molecule has 9 heteroatoms. The van der Waals surface area contributed by atoms with Gasteiger partial charge in [0.2, 0.25) is 5.78 Å². The summed E-state index contributed by atoms with van der Waals surface area (Å²) >= 11 is 0. The van der Waals surface area contributed by atoms with Gasteiger partial charge in [0, 0.05) is 13.6 Å². The molecule has 0 saturated heterocycles. The Labute approximate surface area is 180 Å². The maximum Gasteiger partial charge on any atom is 0.332 e. The molecule has 4 aliphatic rings. The number of ketones is 1. The number of esters is 1. The van der Waals surface area contributed by atoms with Gasteiger partial charge in [-0.15, -0.1) is 0 Å². The number of nitrogen functional groups attached to an aromatic ring is 1. The summed E-state index contributed by atoms with van der Waals surface area (Å²) in [5.41, 5.74) is 2.73. The molecular weight excluding hydrogens is 402 g/mol. The quantitative estimate of drug-likeness (QED) is 0.502. The monoisotopic (exact) mass is 433 g/mol. The lowest BCUT2D eigenvalue weighted by molar-refractivity contribution is -0.195. The van der Waals surface area contributed by atoms with E-state index in [-0.39, 0.29) is 23.8 Å². The Balaban J connectivity index is 1.55. The third kappa shape index (κ3) is 3.62. The van der Waals surface area contributed by atoms with Crippen LogP contribution in [0.1, 0.15) is 62.7 Å². The summed E-state index contributed by atoms with van der Waals surface area (Å²) in [5, 5.41) is 10.8. The molecule has 4 bridgehead atoms. The van der Waals surface area contributed by atoms with Crippen molar-refractivity contribution in [1.29, 1.82) is 0 Å². The van der Waals surface area contributed by atoms with Gasteiger partial charge in [0.25, 0.3) is 5.56 Å². The van der Waals surface area contributed by atoms with Crippen molar-refractivity contribution in [1.82, 2.24) is 9.13 Å². The van der Waals surface area contributed by atoms with E-state index in [4.69, 9.17) is 10.5 Å². The molecule has 0 aliphatic heterocycles. The van der Waals surface area contributed by atoms with E-state index in [2.05, 4.69) is 0 Å². The maximum absolute atomic E-state index is 13.0. The number of carbonyl (C=O) groups excluding carboxylic acids is 2. The second-order valence-electron chi connectivity index (χ2n) is 10.4. The summed E-state index contributed by atoms with van der Waals surface area (Å²) in [6.45, 7) is 3.41. The van der Waals surface area contributed by atoms with Gasteiger partial charge in [-0.3, -0.25) is 23.5 Å². The second-order valence-corrected chi connectivity index (χ2v) is 10.4. The number of hydrogen-bond acceptors (Lipinski definition) is 7. The van der Waals surface area contributed by atoms with Crippen LogP contribution in [0.4, 0.5) is 5.82 Å². The Morgan fingerprint density at radius 2 is 1.81 bits per heavy atom. The molecule has 0 spiro atoms. The van der Waals surface area contributed by atoms with Crippen LogP contribution in [-0.2, 0) is 23.1 Å². The standard InChI is InChI=1S/C22H31N3O6/c1-12(2)9-25-17(23)16(18(27)24(3)20(25)29)15(26)10-31-19(28)21-5-13-4-14(6-21)8-22(30,7-13)11-21/h12-14,30H,4-11,23H2,1-3H3. The molecule has 170 valence electrons.